The molecule has 3 aromatic rings. The van der Waals surface area contributed by atoms with Crippen LogP contribution < -0.4 is 10.6 Å². The maximum absolute atomic E-state index is 13.4. The molecule has 2 aliphatic rings. The molecule has 2 N–H and O–H groups in total. The van der Waals surface area contributed by atoms with Crippen molar-refractivity contribution in [1.29, 1.82) is 0 Å². The predicted molar refractivity (Wildman–Crippen MR) is 127 cm³/mol. The van der Waals surface area contributed by atoms with E-state index >= 15 is 0 Å². The Bertz CT molecular complexity index is 1450. The fraction of sp³-hybridized carbons (Fsp3) is 0.304. The number of carbonyl (C=O) groups excluding carboxylic acids is 2. The Morgan fingerprint density at radius 2 is 2.09 bits per heavy atom. The van der Waals surface area contributed by atoms with Crippen LogP contribution in [0.2, 0.25) is 5.02 Å². The lowest BCUT2D eigenvalue weighted by molar-refractivity contribution is -0.113. The molecule has 1 aromatic carbocycles. The van der Waals surface area contributed by atoms with Crippen LogP contribution in [0.25, 0.3) is 5.82 Å². The molecule has 34 heavy (non-hydrogen) atoms. The van der Waals surface area contributed by atoms with E-state index in [-0.39, 0.29) is 11.4 Å². The van der Waals surface area contributed by atoms with Crippen LogP contribution in [0.1, 0.15) is 39.2 Å². The van der Waals surface area contributed by atoms with Crippen molar-refractivity contribution < 1.29 is 18.0 Å². The molecular weight excluding hydrogens is 478 g/mol. The predicted octanol–water partition coefficient (Wildman–Crippen LogP) is 2.34. The Labute approximate surface area is 201 Å². The van der Waals surface area contributed by atoms with Crippen LogP contribution in [0, 0.1) is 6.92 Å². The molecule has 0 fully saturated rings. The van der Waals surface area contributed by atoms with Gasteiger partial charge in [0.05, 0.1) is 11.2 Å². The maximum Gasteiger partial charge on any atom is 0.257 e. The second-order valence-corrected chi connectivity index (χ2v) is 11.5. The fourth-order valence-corrected chi connectivity index (χ4v) is 5.48. The van der Waals surface area contributed by atoms with Gasteiger partial charge in [0, 0.05) is 23.9 Å². The van der Waals surface area contributed by atoms with Gasteiger partial charge in [-0.25, -0.2) is 13.4 Å². The van der Waals surface area contributed by atoms with Gasteiger partial charge in [0.15, 0.2) is 21.5 Å². The molecule has 0 unspecified atom stereocenters. The maximum atomic E-state index is 13.4. The third-order valence-electron chi connectivity index (χ3n) is 6.17. The Morgan fingerprint density at radius 1 is 1.29 bits per heavy atom. The van der Waals surface area contributed by atoms with Gasteiger partial charge in [0.1, 0.15) is 11.3 Å². The molecule has 11 heteroatoms. The first-order valence-corrected chi connectivity index (χ1v) is 13.1. The molecule has 176 valence electrons. The number of hydrogen-bond donors (Lipinski definition) is 2. The number of benzene rings is 1. The molecular formula is C23H22ClN5O4S. The van der Waals surface area contributed by atoms with E-state index in [0.29, 0.717) is 29.4 Å². The Morgan fingerprint density at radius 3 is 2.79 bits per heavy atom. The van der Waals surface area contributed by atoms with Crippen LogP contribution in [0.4, 0.5) is 5.82 Å². The van der Waals surface area contributed by atoms with Crippen LogP contribution in [-0.4, -0.2) is 47.0 Å². The number of halogens is 1. The molecule has 2 aromatic heterocycles. The molecule has 1 aliphatic carbocycles. The third kappa shape index (κ3) is 3.97. The Hall–Kier alpha value is -3.24. The van der Waals surface area contributed by atoms with Gasteiger partial charge in [-0.2, -0.15) is 9.78 Å². The summed E-state index contributed by atoms with van der Waals surface area (Å²) in [6, 6.07) is 9.22. The molecule has 3 heterocycles. The highest BCUT2D eigenvalue weighted by Gasteiger charge is 2.46. The van der Waals surface area contributed by atoms with E-state index < -0.39 is 32.9 Å². The van der Waals surface area contributed by atoms with Crippen LogP contribution in [-0.2, 0) is 33.0 Å². The van der Waals surface area contributed by atoms with Crippen molar-refractivity contribution in [2.24, 2.45) is 0 Å². The number of amides is 2. The molecule has 1 aliphatic heterocycles. The van der Waals surface area contributed by atoms with Crippen molar-refractivity contribution >= 4 is 39.1 Å². The first kappa shape index (κ1) is 22.5. The fourth-order valence-electron chi connectivity index (χ4n) is 4.74. The molecule has 0 saturated carbocycles. The summed E-state index contributed by atoms with van der Waals surface area (Å²) in [4.78, 5) is 30.3. The van der Waals surface area contributed by atoms with Crippen molar-refractivity contribution in [2.45, 2.75) is 31.7 Å². The van der Waals surface area contributed by atoms with Gasteiger partial charge in [-0.3, -0.25) is 9.59 Å². The van der Waals surface area contributed by atoms with E-state index in [1.54, 1.807) is 18.3 Å². The zero-order valence-electron chi connectivity index (χ0n) is 18.6. The highest BCUT2D eigenvalue weighted by atomic mass is 35.5. The lowest BCUT2D eigenvalue weighted by Crippen LogP contribution is -2.49. The van der Waals surface area contributed by atoms with Crippen LogP contribution >= 0.6 is 11.6 Å². The van der Waals surface area contributed by atoms with Gasteiger partial charge >= 0.3 is 0 Å². The number of aromatic nitrogens is 3. The van der Waals surface area contributed by atoms with Gasteiger partial charge in [0.2, 0.25) is 5.91 Å². The molecule has 0 saturated heterocycles. The number of pyridine rings is 1. The van der Waals surface area contributed by atoms with Crippen molar-refractivity contribution in [1.82, 2.24) is 20.1 Å². The van der Waals surface area contributed by atoms with Crippen LogP contribution in [0.3, 0.4) is 0 Å². The third-order valence-corrected chi connectivity index (χ3v) is 7.20. The summed E-state index contributed by atoms with van der Waals surface area (Å²) in [6.07, 6.45) is 4.50. The van der Waals surface area contributed by atoms with E-state index in [9.17, 15) is 18.0 Å². The molecule has 2 amide bonds. The highest BCUT2D eigenvalue weighted by Crippen LogP contribution is 2.44. The molecule has 0 radical (unpaired) electrons. The van der Waals surface area contributed by atoms with Gasteiger partial charge < -0.3 is 10.6 Å². The van der Waals surface area contributed by atoms with E-state index in [1.165, 1.54) is 4.68 Å². The van der Waals surface area contributed by atoms with Crippen molar-refractivity contribution in [2.75, 3.05) is 17.3 Å². The minimum absolute atomic E-state index is 0.0988. The summed E-state index contributed by atoms with van der Waals surface area (Å²) in [7, 11) is -3.57. The monoisotopic (exact) mass is 499 g/mol. The van der Waals surface area contributed by atoms with Gasteiger partial charge in [0.25, 0.3) is 5.91 Å². The van der Waals surface area contributed by atoms with Crippen LogP contribution in [0.5, 0.6) is 0 Å². The Kier molecular flexibility index (Phi) is 5.25. The standard InChI is InChI=1S/C23H22ClN5O4S/c1-13-3-6-18(25-11-13)29-21(26-19(30)12-34(2,32)33)20-17(28-29)10-23(27-22(20)31)8-7-14-9-15(24)4-5-16(14)23/h3-6,9,11H,7-8,10,12H2,1-2H3,(H,26,30)(H,27,31)/t23-/m0/s1. The summed E-state index contributed by atoms with van der Waals surface area (Å²) in [5.74, 6) is -1.37. The summed E-state index contributed by atoms with van der Waals surface area (Å²) < 4.78 is 24.7. The number of hydrogen-bond acceptors (Lipinski definition) is 6. The number of sulfone groups is 1. The average molecular weight is 500 g/mol. The van der Waals surface area contributed by atoms with Gasteiger partial charge in [-0.05, 0) is 54.7 Å². The molecule has 0 bridgehead atoms. The van der Waals surface area contributed by atoms with Crippen LogP contribution in [0.15, 0.2) is 36.5 Å². The molecule has 9 nitrogen and oxygen atoms in total. The quantitative estimate of drug-likeness (QED) is 0.568. The Balaban J connectivity index is 1.61. The second-order valence-electron chi connectivity index (χ2n) is 8.91. The summed E-state index contributed by atoms with van der Waals surface area (Å²) in [5.41, 5.74) is 3.10. The van der Waals surface area contributed by atoms with E-state index in [4.69, 9.17) is 11.6 Å². The largest absolute Gasteiger partial charge is 0.342 e. The summed E-state index contributed by atoms with van der Waals surface area (Å²) >= 11 is 6.16. The number of rotatable bonds is 4. The summed E-state index contributed by atoms with van der Waals surface area (Å²) in [5, 5.41) is 11.0. The van der Waals surface area contributed by atoms with E-state index in [1.807, 2.05) is 25.1 Å². The number of anilines is 1. The van der Waals surface area contributed by atoms with Crippen molar-refractivity contribution in [3.63, 3.8) is 0 Å². The van der Waals surface area contributed by atoms with Gasteiger partial charge in [-0.1, -0.05) is 23.7 Å². The number of nitrogens with zero attached hydrogens (tertiary/aromatic N) is 3. The first-order valence-electron chi connectivity index (χ1n) is 10.7. The first-order chi connectivity index (χ1) is 16.0. The number of nitrogens with one attached hydrogen (secondary N) is 2. The number of aryl methyl sites for hydroxylation is 2. The summed E-state index contributed by atoms with van der Waals surface area (Å²) in [6.45, 7) is 1.89. The zero-order chi connectivity index (χ0) is 24.3. The van der Waals surface area contributed by atoms with Gasteiger partial charge in [-0.15, -0.1) is 0 Å². The van der Waals surface area contributed by atoms with Crippen molar-refractivity contribution in [3.8, 4) is 5.82 Å². The van der Waals surface area contributed by atoms with E-state index in [2.05, 4.69) is 20.7 Å². The SMILES string of the molecule is Cc1ccc(-n2nc3c(c2NC(=O)CS(C)(=O)=O)C(=O)N[C@@]2(CCc4cc(Cl)ccc42)C3)nc1. The lowest BCUT2D eigenvalue weighted by Gasteiger charge is -2.35. The molecule has 1 atom stereocenters. The average Bonchev–Trinajstić information content (AvgIpc) is 3.26. The van der Waals surface area contributed by atoms with Crippen molar-refractivity contribution in [3.05, 3.63) is 69.5 Å². The normalized spacial score (nSPS) is 19.0. The minimum Gasteiger partial charge on any atom is -0.342 e. The lowest BCUT2D eigenvalue weighted by atomic mass is 9.83. The second kappa shape index (κ2) is 7.92. The zero-order valence-corrected chi connectivity index (χ0v) is 20.1. The number of carbonyl (C=O) groups is 2. The smallest absolute Gasteiger partial charge is 0.257 e. The van der Waals surface area contributed by atoms with E-state index in [0.717, 1.165) is 29.4 Å². The highest BCUT2D eigenvalue weighted by molar-refractivity contribution is 7.91. The minimum atomic E-state index is -3.57. The molecule has 5 rings (SSSR count). The number of fused-ring (bicyclic) bond motifs is 3. The molecule has 1 spiro atoms. The topological polar surface area (TPSA) is 123 Å².